The van der Waals surface area contributed by atoms with E-state index in [1.165, 1.54) is 0 Å². The highest BCUT2D eigenvalue weighted by molar-refractivity contribution is 6.30. The van der Waals surface area contributed by atoms with Crippen LogP contribution in [0.5, 0.6) is 0 Å². The number of rotatable bonds is 7. The van der Waals surface area contributed by atoms with E-state index in [4.69, 9.17) is 16.3 Å². The number of carbonyl (C=O) groups excluding carboxylic acids is 1. The van der Waals surface area contributed by atoms with Crippen molar-refractivity contribution in [3.63, 3.8) is 0 Å². The first kappa shape index (κ1) is 20.1. The van der Waals surface area contributed by atoms with Gasteiger partial charge in [-0.25, -0.2) is 9.78 Å². The quantitative estimate of drug-likeness (QED) is 0.595. The fourth-order valence-corrected chi connectivity index (χ4v) is 3.18. The molecule has 5 nitrogen and oxygen atoms in total. The van der Waals surface area contributed by atoms with Crippen LogP contribution >= 0.6 is 11.6 Å². The van der Waals surface area contributed by atoms with E-state index in [1.54, 1.807) is 12.0 Å². The Morgan fingerprint density at radius 3 is 2.71 bits per heavy atom. The minimum atomic E-state index is -0.165. The van der Waals surface area contributed by atoms with Crippen LogP contribution in [0.4, 0.5) is 4.79 Å². The maximum Gasteiger partial charge on any atom is 0.318 e. The summed E-state index contributed by atoms with van der Waals surface area (Å²) in [7, 11) is 1.62. The summed E-state index contributed by atoms with van der Waals surface area (Å²) in [6.45, 7) is 3.76. The number of methoxy groups -OCH3 is 1. The molecule has 0 aliphatic carbocycles. The Morgan fingerprint density at radius 1 is 1.18 bits per heavy atom. The van der Waals surface area contributed by atoms with Crippen molar-refractivity contribution in [2.75, 3.05) is 20.3 Å². The standard InChI is InChI=1S/C22H24ClN3O2/c1-16-8-9-20-18(12-16)13-19(21(23)25-20)15-26(10-11-28-2)22(27)24-14-17-6-4-3-5-7-17/h3-9,12-13H,10-11,14-15H2,1-2H3,(H,24,27). The third kappa shape index (κ3) is 5.21. The normalized spacial score (nSPS) is 10.8. The minimum absolute atomic E-state index is 0.165. The molecule has 28 heavy (non-hydrogen) atoms. The number of aromatic nitrogens is 1. The summed E-state index contributed by atoms with van der Waals surface area (Å²) >= 11 is 6.40. The topological polar surface area (TPSA) is 54.5 Å². The molecular formula is C22H24ClN3O2. The lowest BCUT2D eigenvalue weighted by Crippen LogP contribution is -2.41. The fourth-order valence-electron chi connectivity index (χ4n) is 2.97. The molecule has 0 aliphatic heterocycles. The fraction of sp³-hybridized carbons (Fsp3) is 0.273. The lowest BCUT2D eigenvalue weighted by molar-refractivity contribution is 0.146. The maximum absolute atomic E-state index is 12.8. The molecule has 146 valence electrons. The molecule has 0 bridgehead atoms. The smallest absolute Gasteiger partial charge is 0.318 e. The third-order valence-corrected chi connectivity index (χ3v) is 4.82. The molecule has 6 heteroatoms. The first-order valence-electron chi connectivity index (χ1n) is 9.18. The molecule has 0 aliphatic rings. The van der Waals surface area contributed by atoms with Crippen molar-refractivity contribution in [3.8, 4) is 0 Å². The predicted octanol–water partition coefficient (Wildman–Crippen LogP) is 4.55. The summed E-state index contributed by atoms with van der Waals surface area (Å²) < 4.78 is 5.17. The SMILES string of the molecule is COCCN(Cc1cc2cc(C)ccc2nc1Cl)C(=O)NCc1ccccc1. The van der Waals surface area contributed by atoms with Crippen LogP contribution in [0.1, 0.15) is 16.7 Å². The summed E-state index contributed by atoms with van der Waals surface area (Å²) in [5.41, 5.74) is 3.85. The summed E-state index contributed by atoms with van der Waals surface area (Å²) in [6, 6.07) is 17.7. The zero-order valence-corrected chi connectivity index (χ0v) is 16.9. The first-order chi connectivity index (χ1) is 13.6. The number of nitrogens with zero attached hydrogens (tertiary/aromatic N) is 2. The summed E-state index contributed by atoms with van der Waals surface area (Å²) in [6.07, 6.45) is 0. The lowest BCUT2D eigenvalue weighted by atomic mass is 10.1. The molecule has 0 unspecified atom stereocenters. The van der Waals surface area contributed by atoms with Gasteiger partial charge in [0.1, 0.15) is 5.15 Å². The predicted molar refractivity (Wildman–Crippen MR) is 112 cm³/mol. The average Bonchev–Trinajstić information content (AvgIpc) is 2.70. The van der Waals surface area contributed by atoms with E-state index in [1.807, 2.05) is 55.5 Å². The number of pyridine rings is 1. The molecule has 0 spiro atoms. The number of fused-ring (bicyclic) bond motifs is 1. The molecule has 0 radical (unpaired) electrons. The van der Waals surface area contributed by atoms with Gasteiger partial charge in [0.15, 0.2) is 0 Å². The summed E-state index contributed by atoms with van der Waals surface area (Å²) in [5, 5.41) is 4.38. The molecule has 3 aromatic rings. The van der Waals surface area contributed by atoms with Gasteiger partial charge in [-0.1, -0.05) is 53.6 Å². The van der Waals surface area contributed by atoms with E-state index in [2.05, 4.69) is 16.4 Å². The highest BCUT2D eigenvalue weighted by Crippen LogP contribution is 2.23. The maximum atomic E-state index is 12.8. The van der Waals surface area contributed by atoms with Crippen molar-refractivity contribution in [1.82, 2.24) is 15.2 Å². The van der Waals surface area contributed by atoms with Gasteiger partial charge in [0.05, 0.1) is 18.7 Å². The number of ether oxygens (including phenoxy) is 1. The van der Waals surface area contributed by atoms with E-state index in [0.29, 0.717) is 31.4 Å². The number of benzene rings is 2. The van der Waals surface area contributed by atoms with Crippen LogP contribution in [0.15, 0.2) is 54.6 Å². The van der Waals surface area contributed by atoms with E-state index in [9.17, 15) is 4.79 Å². The van der Waals surface area contributed by atoms with Gasteiger partial charge < -0.3 is 15.0 Å². The lowest BCUT2D eigenvalue weighted by Gasteiger charge is -2.23. The van der Waals surface area contributed by atoms with Crippen molar-refractivity contribution in [2.24, 2.45) is 0 Å². The number of hydrogen-bond acceptors (Lipinski definition) is 3. The number of amides is 2. The number of halogens is 1. The van der Waals surface area contributed by atoms with Gasteiger partial charge in [-0.15, -0.1) is 0 Å². The number of aryl methyl sites for hydroxylation is 1. The van der Waals surface area contributed by atoms with Gasteiger partial charge in [0.2, 0.25) is 0 Å². The zero-order valence-electron chi connectivity index (χ0n) is 16.1. The molecule has 2 amide bonds. The Hall–Kier alpha value is -2.63. The van der Waals surface area contributed by atoms with Gasteiger partial charge >= 0.3 is 6.03 Å². The van der Waals surface area contributed by atoms with Crippen LogP contribution in [0.2, 0.25) is 5.15 Å². The number of carbonyl (C=O) groups is 1. The van der Waals surface area contributed by atoms with Gasteiger partial charge in [0.25, 0.3) is 0 Å². The number of hydrogen-bond donors (Lipinski definition) is 1. The van der Waals surface area contributed by atoms with Crippen LogP contribution in [-0.4, -0.2) is 36.2 Å². The van der Waals surface area contributed by atoms with Crippen molar-refractivity contribution < 1.29 is 9.53 Å². The molecule has 1 heterocycles. The second kappa shape index (κ2) is 9.53. The minimum Gasteiger partial charge on any atom is -0.383 e. The molecule has 1 N–H and O–H groups in total. The van der Waals surface area contributed by atoms with E-state index in [0.717, 1.165) is 27.6 Å². The molecular weight excluding hydrogens is 374 g/mol. The highest BCUT2D eigenvalue weighted by Gasteiger charge is 2.16. The zero-order chi connectivity index (χ0) is 19.9. The van der Waals surface area contributed by atoms with Crippen LogP contribution in [0, 0.1) is 6.92 Å². The first-order valence-corrected chi connectivity index (χ1v) is 9.56. The molecule has 2 aromatic carbocycles. The van der Waals surface area contributed by atoms with Crippen LogP contribution < -0.4 is 5.32 Å². The van der Waals surface area contributed by atoms with E-state index < -0.39 is 0 Å². The van der Waals surface area contributed by atoms with Crippen molar-refractivity contribution in [3.05, 3.63) is 76.4 Å². The third-order valence-electron chi connectivity index (χ3n) is 4.50. The van der Waals surface area contributed by atoms with Crippen molar-refractivity contribution >= 4 is 28.5 Å². The van der Waals surface area contributed by atoms with Crippen molar-refractivity contribution in [1.29, 1.82) is 0 Å². The summed E-state index contributed by atoms with van der Waals surface area (Å²) in [4.78, 5) is 18.9. The second-order valence-corrected chi connectivity index (χ2v) is 7.05. The molecule has 1 aromatic heterocycles. The average molecular weight is 398 g/mol. The second-order valence-electron chi connectivity index (χ2n) is 6.69. The molecule has 3 rings (SSSR count). The van der Waals surface area contributed by atoms with Gasteiger partial charge in [0, 0.05) is 31.1 Å². The van der Waals surface area contributed by atoms with Gasteiger partial charge in [-0.2, -0.15) is 0 Å². The monoisotopic (exact) mass is 397 g/mol. The Kier molecular flexibility index (Phi) is 6.85. The Labute approximate surface area is 170 Å². The number of urea groups is 1. The Morgan fingerprint density at radius 2 is 1.96 bits per heavy atom. The summed E-state index contributed by atoms with van der Waals surface area (Å²) in [5.74, 6) is 0. The molecule has 0 saturated heterocycles. The highest BCUT2D eigenvalue weighted by atomic mass is 35.5. The van der Waals surface area contributed by atoms with Gasteiger partial charge in [-0.05, 0) is 30.7 Å². The van der Waals surface area contributed by atoms with E-state index >= 15 is 0 Å². The van der Waals surface area contributed by atoms with Gasteiger partial charge in [-0.3, -0.25) is 0 Å². The molecule has 0 saturated carbocycles. The number of nitrogens with one attached hydrogen (secondary N) is 1. The largest absolute Gasteiger partial charge is 0.383 e. The molecule has 0 atom stereocenters. The van der Waals surface area contributed by atoms with E-state index in [-0.39, 0.29) is 6.03 Å². The Balaban J connectivity index is 1.76. The molecule has 0 fully saturated rings. The van der Waals surface area contributed by atoms with Crippen LogP contribution in [-0.2, 0) is 17.8 Å². The van der Waals surface area contributed by atoms with Crippen LogP contribution in [0.3, 0.4) is 0 Å². The van der Waals surface area contributed by atoms with Crippen molar-refractivity contribution in [2.45, 2.75) is 20.0 Å². The Bertz CT molecular complexity index is 947. The van der Waals surface area contributed by atoms with Crippen LogP contribution in [0.25, 0.3) is 10.9 Å².